The Morgan fingerprint density at radius 2 is 1.56 bits per heavy atom. The largest absolute Gasteiger partial charge is 0.357 e. The van der Waals surface area contributed by atoms with Gasteiger partial charge in [-0.05, 0) is 88.6 Å². The number of amides is 4. The molecule has 20 heteroatoms. The highest BCUT2D eigenvalue weighted by Gasteiger charge is 2.37. The smallest absolute Gasteiger partial charge is 0.301 e. The van der Waals surface area contributed by atoms with Crippen molar-refractivity contribution in [1.29, 1.82) is 0 Å². The van der Waals surface area contributed by atoms with Crippen molar-refractivity contribution in [2.24, 2.45) is 11.8 Å². The molecule has 4 aromatic rings. The molecule has 17 nitrogen and oxygen atoms in total. The number of carbonyl (C=O) groups is 4. The molecule has 8 rings (SSSR count). The number of aromatic nitrogens is 4. The molecule has 4 fully saturated rings. The summed E-state index contributed by atoms with van der Waals surface area (Å²) in [7, 11) is -2.58. The molecule has 4 aliphatic heterocycles. The third-order valence-corrected chi connectivity index (χ3v) is 16.0. The van der Waals surface area contributed by atoms with Gasteiger partial charge in [0.05, 0.1) is 32.9 Å². The van der Waals surface area contributed by atoms with E-state index in [9.17, 15) is 27.6 Å². The van der Waals surface area contributed by atoms with Crippen LogP contribution in [0, 0.1) is 17.7 Å². The van der Waals surface area contributed by atoms with E-state index in [2.05, 4.69) is 30.2 Å². The number of hydrogen-bond acceptors (Lipinski definition) is 13. The molecular formula is C46H58FN11O6S2. The van der Waals surface area contributed by atoms with Crippen molar-refractivity contribution < 1.29 is 32.0 Å². The molecule has 4 aliphatic rings. The molecule has 66 heavy (non-hydrogen) atoms. The van der Waals surface area contributed by atoms with E-state index in [1.165, 1.54) is 24.5 Å². The molecule has 352 valence electrons. The Labute approximate surface area is 389 Å². The predicted molar refractivity (Wildman–Crippen MR) is 250 cm³/mol. The summed E-state index contributed by atoms with van der Waals surface area (Å²) in [5, 5.41) is 6.41. The van der Waals surface area contributed by atoms with Crippen LogP contribution >= 0.6 is 11.3 Å². The number of nitrogens with zero attached hydrogens (tertiary/aromatic N) is 8. The average molecular weight is 944 g/mol. The molecular weight excluding hydrogens is 886 g/mol. The second kappa shape index (κ2) is 20.1. The Bertz CT molecular complexity index is 2530. The number of piperidine rings is 4. The van der Waals surface area contributed by atoms with Gasteiger partial charge < -0.3 is 20.0 Å². The van der Waals surface area contributed by atoms with E-state index in [1.807, 2.05) is 35.8 Å². The summed E-state index contributed by atoms with van der Waals surface area (Å²) in [6.07, 6.45) is 8.14. The van der Waals surface area contributed by atoms with E-state index < -0.39 is 16.0 Å². The van der Waals surface area contributed by atoms with Gasteiger partial charge in [-0.25, -0.2) is 24.3 Å². The highest BCUT2D eigenvalue weighted by molar-refractivity contribution is 7.90. The zero-order valence-electron chi connectivity index (χ0n) is 37.8. The number of carbonyl (C=O) groups excluding carboxylic acids is 4. The minimum atomic E-state index is -3.99. The minimum absolute atomic E-state index is 0.00320. The fraction of sp³-hybridized carbons (Fsp3) is 0.522. The van der Waals surface area contributed by atoms with E-state index in [1.54, 1.807) is 37.5 Å². The SMILES string of the molecule is CCN(C)S(=O)(=O)Nc1cccc(-c2nc(C3CCN(C(=O)C4CCN(C(=O)C5CCN(c6ccc([C@@H]7CCC(=O)NC7=O)cn6)CC5)CC4)CC3)sc2-c2ccnc(NC(C)C)n2)c1F. The lowest BCUT2D eigenvalue weighted by atomic mass is 9.90. The van der Waals surface area contributed by atoms with Crippen molar-refractivity contribution in [3.8, 4) is 21.8 Å². The summed E-state index contributed by atoms with van der Waals surface area (Å²) in [5.74, 6) is -0.405. The Morgan fingerprint density at radius 3 is 2.18 bits per heavy atom. The summed E-state index contributed by atoms with van der Waals surface area (Å²) in [6.45, 7) is 9.43. The molecule has 1 aromatic carbocycles. The first-order chi connectivity index (χ1) is 31.7. The third kappa shape index (κ3) is 10.3. The lowest BCUT2D eigenvalue weighted by molar-refractivity contribution is -0.143. The van der Waals surface area contributed by atoms with Crippen LogP contribution in [0.2, 0.25) is 0 Å². The van der Waals surface area contributed by atoms with E-state index in [-0.39, 0.29) is 71.1 Å². The Hall–Kier alpha value is -5.60. The van der Waals surface area contributed by atoms with E-state index in [0.717, 1.165) is 20.7 Å². The Morgan fingerprint density at radius 1 is 0.894 bits per heavy atom. The molecule has 4 amide bonds. The van der Waals surface area contributed by atoms with Crippen LogP contribution in [0.3, 0.4) is 0 Å². The summed E-state index contributed by atoms with van der Waals surface area (Å²) >= 11 is 1.42. The van der Waals surface area contributed by atoms with Crippen molar-refractivity contribution in [3.63, 3.8) is 0 Å². The fourth-order valence-corrected chi connectivity index (χ4v) is 11.4. The molecule has 0 spiro atoms. The van der Waals surface area contributed by atoms with Gasteiger partial charge in [-0.1, -0.05) is 19.1 Å². The van der Waals surface area contributed by atoms with Crippen LogP contribution in [0.25, 0.3) is 21.8 Å². The van der Waals surface area contributed by atoms with Crippen molar-refractivity contribution in [1.82, 2.24) is 39.4 Å². The molecule has 0 unspecified atom stereocenters. The second-order valence-corrected chi connectivity index (χ2v) is 20.7. The van der Waals surface area contributed by atoms with Crippen LogP contribution in [0.15, 0.2) is 48.8 Å². The summed E-state index contributed by atoms with van der Waals surface area (Å²) in [6, 6.07) is 10.2. The van der Waals surface area contributed by atoms with Crippen molar-refractivity contribution in [2.75, 3.05) is 67.8 Å². The second-order valence-electron chi connectivity index (χ2n) is 17.9. The highest BCUT2D eigenvalue weighted by atomic mass is 32.2. The minimum Gasteiger partial charge on any atom is -0.357 e. The van der Waals surface area contributed by atoms with Crippen LogP contribution in [-0.4, -0.2) is 125 Å². The van der Waals surface area contributed by atoms with Crippen LogP contribution in [0.5, 0.6) is 0 Å². The van der Waals surface area contributed by atoms with Gasteiger partial charge in [-0.2, -0.15) is 12.7 Å². The number of halogens is 1. The van der Waals surface area contributed by atoms with E-state index in [0.29, 0.717) is 113 Å². The van der Waals surface area contributed by atoms with Gasteiger partial charge in [0.1, 0.15) is 5.82 Å². The van der Waals surface area contributed by atoms with Gasteiger partial charge >= 0.3 is 10.2 Å². The average Bonchev–Trinajstić information content (AvgIpc) is 3.77. The summed E-state index contributed by atoms with van der Waals surface area (Å²) in [5.41, 5.74) is 1.65. The lowest BCUT2D eigenvalue weighted by Crippen LogP contribution is -2.48. The van der Waals surface area contributed by atoms with Crippen LogP contribution in [0.4, 0.5) is 21.8 Å². The molecule has 0 saturated carbocycles. The van der Waals surface area contributed by atoms with Crippen molar-refractivity contribution in [3.05, 3.63) is 65.2 Å². The predicted octanol–water partition coefficient (Wildman–Crippen LogP) is 5.61. The van der Waals surface area contributed by atoms with Gasteiger partial charge in [-0.3, -0.25) is 29.2 Å². The van der Waals surface area contributed by atoms with Crippen molar-refractivity contribution in [2.45, 2.75) is 90.0 Å². The van der Waals surface area contributed by atoms with Crippen LogP contribution < -0.4 is 20.3 Å². The molecule has 0 bridgehead atoms. The molecule has 4 saturated heterocycles. The normalized spacial score (nSPS) is 19.4. The third-order valence-electron chi connectivity index (χ3n) is 13.2. The number of benzene rings is 1. The molecule has 0 aliphatic carbocycles. The maximum Gasteiger partial charge on any atom is 0.301 e. The molecule has 3 aromatic heterocycles. The topological polar surface area (TPSA) is 203 Å². The van der Waals surface area contributed by atoms with Gasteiger partial charge in [0.15, 0.2) is 5.82 Å². The zero-order chi connectivity index (χ0) is 46.7. The fourth-order valence-electron chi connectivity index (χ4n) is 9.23. The van der Waals surface area contributed by atoms with Gasteiger partial charge in [0.25, 0.3) is 0 Å². The maximum absolute atomic E-state index is 16.4. The molecule has 3 N–H and O–H groups in total. The highest BCUT2D eigenvalue weighted by Crippen LogP contribution is 2.43. The lowest BCUT2D eigenvalue weighted by Gasteiger charge is -2.39. The number of imide groups is 1. The van der Waals surface area contributed by atoms with Gasteiger partial charge in [0.2, 0.25) is 29.6 Å². The summed E-state index contributed by atoms with van der Waals surface area (Å²) in [4.78, 5) is 76.9. The van der Waals surface area contributed by atoms with E-state index >= 15 is 4.39 Å². The number of anilines is 3. The quantitative estimate of drug-likeness (QED) is 0.140. The first kappa shape index (κ1) is 46.9. The first-order valence-electron chi connectivity index (χ1n) is 22.9. The number of rotatable bonds is 13. The zero-order valence-corrected chi connectivity index (χ0v) is 39.5. The number of pyridine rings is 1. The Kier molecular flexibility index (Phi) is 14.3. The number of hydrogen-bond donors (Lipinski definition) is 3. The standard InChI is InChI=1S/C46H58FN11O6S2/c1-5-55(4)66(63,64)54-35-8-6-7-34(39(35)47)40-41(36-13-20-48-46(51-36)50-28(2)3)65-43(53-40)29-14-23-57(24-15-29)45(62)31-18-25-58(26-19-31)44(61)30-16-21-56(22-17-30)37-11-9-32(27-49-37)33-10-12-38(59)52-42(33)60/h6-9,11,13,20,27-31,33,54H,5,10,12,14-19,21-26H2,1-4H3,(H,48,50,51)(H,52,59,60)/t33-/m0/s1. The van der Waals surface area contributed by atoms with Crippen LogP contribution in [0.1, 0.15) is 94.5 Å². The number of nitrogens with one attached hydrogen (secondary N) is 3. The first-order valence-corrected chi connectivity index (χ1v) is 25.2. The summed E-state index contributed by atoms with van der Waals surface area (Å²) < 4.78 is 45.6. The van der Waals surface area contributed by atoms with Gasteiger partial charge in [-0.15, -0.1) is 11.3 Å². The van der Waals surface area contributed by atoms with Crippen molar-refractivity contribution >= 4 is 62.6 Å². The Balaban J connectivity index is 0.867. The molecule has 0 radical (unpaired) electrons. The molecule has 1 atom stereocenters. The number of thiazole rings is 1. The monoisotopic (exact) mass is 943 g/mol. The molecule has 7 heterocycles. The van der Waals surface area contributed by atoms with Crippen LogP contribution in [-0.2, 0) is 29.4 Å². The van der Waals surface area contributed by atoms with Gasteiger partial charge in [0, 0.05) is 101 Å². The maximum atomic E-state index is 16.4. The number of likely N-dealkylation sites (tertiary alicyclic amines) is 2. The van der Waals surface area contributed by atoms with E-state index in [4.69, 9.17) is 9.97 Å².